The average Bonchev–Trinajstić information content (AvgIpc) is 3.08. The summed E-state index contributed by atoms with van der Waals surface area (Å²) in [5, 5.41) is 16.7. The van der Waals surface area contributed by atoms with Crippen molar-refractivity contribution in [1.29, 1.82) is 0 Å². The summed E-state index contributed by atoms with van der Waals surface area (Å²) in [6.07, 6.45) is 1.90. The third-order valence-corrected chi connectivity index (χ3v) is 4.60. The zero-order chi connectivity index (χ0) is 17.0. The van der Waals surface area contributed by atoms with Crippen molar-refractivity contribution in [3.8, 4) is 0 Å². The van der Waals surface area contributed by atoms with Gasteiger partial charge in [0.05, 0.1) is 18.0 Å². The number of nitrogens with one attached hydrogen (secondary N) is 2. The minimum atomic E-state index is -0.799. The highest BCUT2D eigenvalue weighted by atomic mass is 32.1. The van der Waals surface area contributed by atoms with Gasteiger partial charge in [0.25, 0.3) is 0 Å². The molecule has 23 heavy (non-hydrogen) atoms. The quantitative estimate of drug-likeness (QED) is 0.730. The summed E-state index contributed by atoms with van der Waals surface area (Å²) in [6, 6.07) is -0.0812. The maximum absolute atomic E-state index is 12.0. The van der Waals surface area contributed by atoms with Crippen molar-refractivity contribution >= 4 is 34.3 Å². The number of thiazole rings is 1. The number of carboxylic acid groups (broad SMARTS) is 1. The highest BCUT2D eigenvalue weighted by molar-refractivity contribution is 7.13. The van der Waals surface area contributed by atoms with E-state index >= 15 is 0 Å². The van der Waals surface area contributed by atoms with Crippen LogP contribution in [0, 0.1) is 11.8 Å². The van der Waals surface area contributed by atoms with Gasteiger partial charge in [-0.05, 0) is 19.3 Å². The standard InChI is InChI=1S/C15H21N3O4S/c1-8(2)13(20)18-15-17-11(7-23-15)6-12(19)16-10-4-3-9(5-10)14(21)22/h7-10H,3-6H2,1-2H3,(H,16,19)(H,21,22)(H,17,18,20)/t9-,10+/m0/s1. The van der Waals surface area contributed by atoms with E-state index in [1.807, 2.05) is 0 Å². The van der Waals surface area contributed by atoms with E-state index in [1.54, 1.807) is 19.2 Å². The Morgan fingerprint density at radius 3 is 2.74 bits per heavy atom. The molecule has 0 aromatic carbocycles. The number of carbonyl (C=O) groups excluding carboxylic acids is 2. The maximum atomic E-state index is 12.0. The molecule has 3 N–H and O–H groups in total. The minimum Gasteiger partial charge on any atom is -0.481 e. The van der Waals surface area contributed by atoms with Crippen LogP contribution in [0.4, 0.5) is 5.13 Å². The Bertz CT molecular complexity index is 599. The number of amides is 2. The second-order valence-corrected chi connectivity index (χ2v) is 6.94. The van der Waals surface area contributed by atoms with Crippen molar-refractivity contribution in [3.63, 3.8) is 0 Å². The van der Waals surface area contributed by atoms with Gasteiger partial charge >= 0.3 is 5.97 Å². The fourth-order valence-electron chi connectivity index (χ4n) is 2.48. The van der Waals surface area contributed by atoms with Crippen molar-refractivity contribution in [2.24, 2.45) is 11.8 Å². The van der Waals surface area contributed by atoms with Crippen LogP contribution in [-0.4, -0.2) is 33.9 Å². The van der Waals surface area contributed by atoms with E-state index in [9.17, 15) is 14.4 Å². The maximum Gasteiger partial charge on any atom is 0.306 e. The SMILES string of the molecule is CC(C)C(=O)Nc1nc(CC(=O)N[C@@H]2CC[C@H](C(=O)O)C2)cs1. The molecule has 0 unspecified atom stereocenters. The van der Waals surface area contributed by atoms with Crippen molar-refractivity contribution in [3.05, 3.63) is 11.1 Å². The van der Waals surface area contributed by atoms with Crippen LogP contribution in [0.1, 0.15) is 38.8 Å². The largest absolute Gasteiger partial charge is 0.481 e. The molecule has 1 aliphatic rings. The molecule has 0 aliphatic heterocycles. The fraction of sp³-hybridized carbons (Fsp3) is 0.600. The number of carboxylic acids is 1. The lowest BCUT2D eigenvalue weighted by Gasteiger charge is -2.11. The lowest BCUT2D eigenvalue weighted by molar-refractivity contribution is -0.141. The number of anilines is 1. The molecule has 0 bridgehead atoms. The smallest absolute Gasteiger partial charge is 0.306 e. The van der Waals surface area contributed by atoms with E-state index < -0.39 is 5.97 Å². The molecule has 1 heterocycles. The number of aromatic nitrogens is 1. The summed E-state index contributed by atoms with van der Waals surface area (Å²) in [6.45, 7) is 3.59. The topological polar surface area (TPSA) is 108 Å². The van der Waals surface area contributed by atoms with Gasteiger partial charge in [-0.2, -0.15) is 0 Å². The third-order valence-electron chi connectivity index (χ3n) is 3.79. The van der Waals surface area contributed by atoms with E-state index in [0.29, 0.717) is 30.1 Å². The van der Waals surface area contributed by atoms with Crippen molar-refractivity contribution < 1.29 is 19.5 Å². The normalized spacial score (nSPS) is 20.5. The van der Waals surface area contributed by atoms with Crippen molar-refractivity contribution in [2.75, 3.05) is 5.32 Å². The van der Waals surface area contributed by atoms with Gasteiger partial charge in [-0.3, -0.25) is 14.4 Å². The van der Waals surface area contributed by atoms with E-state index in [0.717, 1.165) is 0 Å². The zero-order valence-electron chi connectivity index (χ0n) is 13.2. The van der Waals surface area contributed by atoms with Crippen molar-refractivity contribution in [2.45, 2.75) is 45.6 Å². The van der Waals surface area contributed by atoms with Gasteiger partial charge in [0.1, 0.15) is 0 Å². The Morgan fingerprint density at radius 2 is 2.13 bits per heavy atom. The summed E-state index contributed by atoms with van der Waals surface area (Å²) < 4.78 is 0. The molecule has 0 radical (unpaired) electrons. The van der Waals surface area contributed by atoms with Gasteiger partial charge < -0.3 is 15.7 Å². The summed E-state index contributed by atoms with van der Waals surface area (Å²) in [5.41, 5.74) is 0.597. The Labute approximate surface area is 138 Å². The van der Waals surface area contributed by atoms with Crippen LogP contribution in [-0.2, 0) is 20.8 Å². The van der Waals surface area contributed by atoms with Crippen LogP contribution in [0.25, 0.3) is 0 Å². The minimum absolute atomic E-state index is 0.0812. The predicted octanol–water partition coefficient (Wildman–Crippen LogP) is 1.65. The van der Waals surface area contributed by atoms with E-state index in [4.69, 9.17) is 5.11 Å². The highest BCUT2D eigenvalue weighted by Gasteiger charge is 2.30. The first-order chi connectivity index (χ1) is 10.8. The molecule has 0 spiro atoms. The van der Waals surface area contributed by atoms with Gasteiger partial charge in [0.15, 0.2) is 5.13 Å². The molecule has 7 nitrogen and oxygen atoms in total. The number of hydrogen-bond acceptors (Lipinski definition) is 5. The first-order valence-corrected chi connectivity index (χ1v) is 8.50. The molecule has 1 fully saturated rings. The summed E-state index contributed by atoms with van der Waals surface area (Å²) in [7, 11) is 0. The van der Waals surface area contributed by atoms with Gasteiger partial charge in [0.2, 0.25) is 11.8 Å². The molecule has 1 aromatic heterocycles. The van der Waals surface area contributed by atoms with Crippen LogP contribution in [0.2, 0.25) is 0 Å². The number of nitrogens with zero attached hydrogens (tertiary/aromatic N) is 1. The molecule has 8 heteroatoms. The predicted molar refractivity (Wildman–Crippen MR) is 86.2 cm³/mol. The lowest BCUT2D eigenvalue weighted by Crippen LogP contribution is -2.34. The van der Waals surface area contributed by atoms with Crippen LogP contribution < -0.4 is 10.6 Å². The highest BCUT2D eigenvalue weighted by Crippen LogP contribution is 2.25. The van der Waals surface area contributed by atoms with Crippen molar-refractivity contribution in [1.82, 2.24) is 10.3 Å². The average molecular weight is 339 g/mol. The molecule has 2 amide bonds. The second kappa shape index (κ2) is 7.54. The molecule has 1 aliphatic carbocycles. The van der Waals surface area contributed by atoms with Gasteiger partial charge in [-0.25, -0.2) is 4.98 Å². The number of carbonyl (C=O) groups is 3. The Kier molecular flexibility index (Phi) is 5.70. The number of hydrogen-bond donors (Lipinski definition) is 3. The fourth-order valence-corrected chi connectivity index (χ4v) is 3.19. The second-order valence-electron chi connectivity index (χ2n) is 6.08. The molecule has 1 aromatic rings. The number of rotatable bonds is 6. The van der Waals surface area contributed by atoms with Crippen LogP contribution in [0.3, 0.4) is 0 Å². The molecular weight excluding hydrogens is 318 g/mol. The first-order valence-electron chi connectivity index (χ1n) is 7.62. The van der Waals surface area contributed by atoms with Crippen LogP contribution >= 0.6 is 11.3 Å². The van der Waals surface area contributed by atoms with Gasteiger partial charge in [-0.1, -0.05) is 13.8 Å². The van der Waals surface area contributed by atoms with Gasteiger partial charge in [0, 0.05) is 17.3 Å². The molecule has 1 saturated carbocycles. The molecule has 2 rings (SSSR count). The van der Waals surface area contributed by atoms with Crippen LogP contribution in [0.15, 0.2) is 5.38 Å². The molecule has 126 valence electrons. The Hall–Kier alpha value is -1.96. The van der Waals surface area contributed by atoms with E-state index in [-0.39, 0.29) is 36.1 Å². The summed E-state index contributed by atoms with van der Waals surface area (Å²) in [5.74, 6) is -1.58. The summed E-state index contributed by atoms with van der Waals surface area (Å²) in [4.78, 5) is 38.7. The number of aliphatic carboxylic acids is 1. The molecule has 0 saturated heterocycles. The van der Waals surface area contributed by atoms with Gasteiger partial charge in [-0.15, -0.1) is 11.3 Å². The zero-order valence-corrected chi connectivity index (χ0v) is 14.0. The summed E-state index contributed by atoms with van der Waals surface area (Å²) >= 11 is 1.28. The molecule has 2 atom stereocenters. The van der Waals surface area contributed by atoms with E-state index in [1.165, 1.54) is 11.3 Å². The lowest BCUT2D eigenvalue weighted by atomic mass is 10.1. The first kappa shape index (κ1) is 17.4. The van der Waals surface area contributed by atoms with E-state index in [2.05, 4.69) is 15.6 Å². The van der Waals surface area contributed by atoms with Crippen LogP contribution in [0.5, 0.6) is 0 Å². The Morgan fingerprint density at radius 1 is 1.39 bits per heavy atom. The molecular formula is C15H21N3O4S. The third kappa shape index (κ3) is 5.02. The Balaban J connectivity index is 1.81. The monoisotopic (exact) mass is 339 g/mol.